The summed E-state index contributed by atoms with van der Waals surface area (Å²) >= 11 is 0. The molecule has 1 fully saturated rings. The molecule has 0 radical (unpaired) electrons. The van der Waals surface area contributed by atoms with Crippen LogP contribution in [0.3, 0.4) is 0 Å². The Morgan fingerprint density at radius 2 is 1.86 bits per heavy atom. The van der Waals surface area contributed by atoms with E-state index in [9.17, 15) is 22.8 Å². The number of likely N-dealkylation sites (tertiary alicyclic amines) is 1. The molecule has 1 aliphatic rings. The van der Waals surface area contributed by atoms with Crippen LogP contribution in [-0.4, -0.2) is 40.8 Å². The van der Waals surface area contributed by atoms with Crippen molar-refractivity contribution in [3.8, 4) is 5.75 Å². The van der Waals surface area contributed by atoms with Crippen LogP contribution in [0, 0.1) is 0 Å². The molecule has 0 aromatic heterocycles. The summed E-state index contributed by atoms with van der Waals surface area (Å²) in [4.78, 5) is 24.4. The van der Waals surface area contributed by atoms with E-state index >= 15 is 0 Å². The normalized spacial score (nSPS) is 18.6. The highest BCUT2D eigenvalue weighted by Crippen LogP contribution is 2.24. The number of carbonyl (C=O) groups excluding carboxylic acids is 1. The fourth-order valence-electron chi connectivity index (χ4n) is 2.23. The Hall–Kier alpha value is -2.25. The number of carbonyl (C=O) groups is 2. The van der Waals surface area contributed by atoms with Crippen LogP contribution in [0.15, 0.2) is 24.3 Å². The first-order chi connectivity index (χ1) is 9.78. The standard InChI is InChI=1S/C13H12F3NO4/c14-13(15,16)21-9-5-3-8(4-6-9)11(18)17-7-1-2-10(17)12(19)20/h3-6,10H,1-2,7H2,(H,19,20). The largest absolute Gasteiger partial charge is 0.573 e. The number of amides is 1. The third-order valence-electron chi connectivity index (χ3n) is 3.13. The molecule has 0 aliphatic carbocycles. The lowest BCUT2D eigenvalue weighted by Gasteiger charge is -2.21. The zero-order valence-corrected chi connectivity index (χ0v) is 10.8. The second kappa shape index (κ2) is 5.63. The summed E-state index contributed by atoms with van der Waals surface area (Å²) in [7, 11) is 0. The third-order valence-corrected chi connectivity index (χ3v) is 3.13. The van der Waals surface area contributed by atoms with Crippen molar-refractivity contribution in [1.82, 2.24) is 4.90 Å². The van der Waals surface area contributed by atoms with Crippen LogP contribution < -0.4 is 4.74 Å². The minimum absolute atomic E-state index is 0.123. The fraction of sp³-hybridized carbons (Fsp3) is 0.385. The molecule has 21 heavy (non-hydrogen) atoms. The van der Waals surface area contributed by atoms with Crippen LogP contribution in [0.2, 0.25) is 0 Å². The molecule has 8 heteroatoms. The molecule has 1 unspecified atom stereocenters. The SMILES string of the molecule is O=C(O)C1CCCN1C(=O)c1ccc(OC(F)(F)F)cc1. The van der Waals surface area contributed by atoms with Crippen molar-refractivity contribution in [2.45, 2.75) is 25.2 Å². The van der Waals surface area contributed by atoms with Crippen molar-refractivity contribution in [3.63, 3.8) is 0 Å². The van der Waals surface area contributed by atoms with E-state index in [1.54, 1.807) is 0 Å². The van der Waals surface area contributed by atoms with Crippen LogP contribution in [-0.2, 0) is 4.79 Å². The molecule has 1 aromatic rings. The maximum atomic E-state index is 12.2. The van der Waals surface area contributed by atoms with Gasteiger partial charge in [-0.25, -0.2) is 4.79 Å². The number of carboxylic acid groups (broad SMARTS) is 1. The molecule has 1 saturated heterocycles. The Morgan fingerprint density at radius 1 is 1.24 bits per heavy atom. The van der Waals surface area contributed by atoms with Crippen molar-refractivity contribution < 1.29 is 32.6 Å². The predicted molar refractivity (Wildman–Crippen MR) is 64.8 cm³/mol. The Kier molecular flexibility index (Phi) is 4.06. The highest BCUT2D eigenvalue weighted by molar-refractivity contribution is 5.97. The summed E-state index contributed by atoms with van der Waals surface area (Å²) < 4.78 is 39.8. The smallest absolute Gasteiger partial charge is 0.480 e. The van der Waals surface area contributed by atoms with Crippen molar-refractivity contribution in [1.29, 1.82) is 0 Å². The van der Waals surface area contributed by atoms with E-state index in [1.807, 2.05) is 0 Å². The molecular weight excluding hydrogens is 291 g/mol. The molecule has 2 rings (SSSR count). The van der Waals surface area contributed by atoms with E-state index in [0.717, 1.165) is 12.1 Å². The van der Waals surface area contributed by atoms with Gasteiger partial charge in [-0.15, -0.1) is 13.2 Å². The van der Waals surface area contributed by atoms with Gasteiger partial charge in [0.15, 0.2) is 0 Å². The Morgan fingerprint density at radius 3 is 2.38 bits per heavy atom. The number of benzene rings is 1. The van der Waals surface area contributed by atoms with Crippen LogP contribution in [0.1, 0.15) is 23.2 Å². The number of alkyl halides is 3. The van der Waals surface area contributed by atoms with Crippen molar-refractivity contribution in [3.05, 3.63) is 29.8 Å². The molecule has 0 spiro atoms. The first-order valence-corrected chi connectivity index (χ1v) is 6.17. The molecular formula is C13H12F3NO4. The average molecular weight is 303 g/mol. The van der Waals surface area contributed by atoms with Crippen molar-refractivity contribution in [2.24, 2.45) is 0 Å². The Labute approximate surface area is 117 Å². The molecule has 1 atom stereocenters. The lowest BCUT2D eigenvalue weighted by molar-refractivity contribution is -0.274. The molecule has 1 heterocycles. The predicted octanol–water partition coefficient (Wildman–Crippen LogP) is 2.27. The van der Waals surface area contributed by atoms with Crippen molar-refractivity contribution >= 4 is 11.9 Å². The molecule has 5 nitrogen and oxygen atoms in total. The highest BCUT2D eigenvalue weighted by Gasteiger charge is 2.34. The van der Waals surface area contributed by atoms with Gasteiger partial charge in [0.05, 0.1) is 0 Å². The van der Waals surface area contributed by atoms with E-state index in [1.165, 1.54) is 17.0 Å². The first kappa shape index (κ1) is 15.1. The topological polar surface area (TPSA) is 66.8 Å². The quantitative estimate of drug-likeness (QED) is 0.930. The minimum atomic E-state index is -4.80. The van der Waals surface area contributed by atoms with Crippen LogP contribution in [0.4, 0.5) is 13.2 Å². The molecule has 0 saturated carbocycles. The van der Waals surface area contributed by atoms with Gasteiger partial charge in [-0.3, -0.25) is 4.79 Å². The Balaban J connectivity index is 2.11. The molecule has 0 bridgehead atoms. The number of aliphatic carboxylic acids is 1. The van der Waals surface area contributed by atoms with Gasteiger partial charge in [-0.2, -0.15) is 0 Å². The van der Waals surface area contributed by atoms with E-state index in [-0.39, 0.29) is 5.56 Å². The molecule has 1 N–H and O–H groups in total. The van der Waals surface area contributed by atoms with E-state index in [4.69, 9.17) is 5.11 Å². The van der Waals surface area contributed by atoms with Gasteiger partial charge < -0.3 is 14.7 Å². The summed E-state index contributed by atoms with van der Waals surface area (Å²) in [6, 6.07) is 3.52. The maximum Gasteiger partial charge on any atom is 0.573 e. The van der Waals surface area contributed by atoms with E-state index in [2.05, 4.69) is 4.74 Å². The van der Waals surface area contributed by atoms with Gasteiger partial charge in [0.1, 0.15) is 11.8 Å². The van der Waals surface area contributed by atoms with Gasteiger partial charge in [0.25, 0.3) is 5.91 Å². The summed E-state index contributed by atoms with van der Waals surface area (Å²) in [5.41, 5.74) is 0.123. The number of rotatable bonds is 3. The number of nitrogens with zero attached hydrogens (tertiary/aromatic N) is 1. The number of hydrogen-bond donors (Lipinski definition) is 1. The van der Waals surface area contributed by atoms with E-state index in [0.29, 0.717) is 19.4 Å². The average Bonchev–Trinajstić information content (AvgIpc) is 2.86. The molecule has 1 aromatic carbocycles. The van der Waals surface area contributed by atoms with Gasteiger partial charge in [0, 0.05) is 12.1 Å². The summed E-state index contributed by atoms with van der Waals surface area (Å²) in [5, 5.41) is 9.01. The minimum Gasteiger partial charge on any atom is -0.480 e. The monoisotopic (exact) mass is 303 g/mol. The van der Waals surface area contributed by atoms with Gasteiger partial charge >= 0.3 is 12.3 Å². The number of carboxylic acids is 1. The lowest BCUT2D eigenvalue weighted by atomic mass is 10.1. The highest BCUT2D eigenvalue weighted by atomic mass is 19.4. The molecule has 114 valence electrons. The summed E-state index contributed by atoms with van der Waals surface area (Å²) in [5.74, 6) is -2.04. The fourth-order valence-corrected chi connectivity index (χ4v) is 2.23. The molecule has 1 amide bonds. The van der Waals surface area contributed by atoms with Crippen LogP contribution in [0.5, 0.6) is 5.75 Å². The number of halogens is 3. The van der Waals surface area contributed by atoms with Gasteiger partial charge in [-0.05, 0) is 37.1 Å². The Bertz CT molecular complexity index is 541. The van der Waals surface area contributed by atoms with Crippen LogP contribution in [0.25, 0.3) is 0 Å². The number of hydrogen-bond acceptors (Lipinski definition) is 3. The van der Waals surface area contributed by atoms with Gasteiger partial charge in [-0.1, -0.05) is 0 Å². The zero-order valence-electron chi connectivity index (χ0n) is 10.8. The summed E-state index contributed by atoms with van der Waals surface area (Å²) in [6.07, 6.45) is -3.84. The van der Waals surface area contributed by atoms with E-state index < -0.39 is 30.0 Å². The zero-order chi connectivity index (χ0) is 15.6. The third kappa shape index (κ3) is 3.65. The van der Waals surface area contributed by atoms with Crippen molar-refractivity contribution in [2.75, 3.05) is 6.54 Å². The first-order valence-electron chi connectivity index (χ1n) is 6.17. The second-order valence-corrected chi connectivity index (χ2v) is 4.57. The lowest BCUT2D eigenvalue weighted by Crippen LogP contribution is -2.40. The second-order valence-electron chi connectivity index (χ2n) is 4.57. The summed E-state index contributed by atoms with van der Waals surface area (Å²) in [6.45, 7) is 0.316. The van der Waals surface area contributed by atoms with Gasteiger partial charge in [0.2, 0.25) is 0 Å². The molecule has 1 aliphatic heterocycles. The maximum absolute atomic E-state index is 12.2. The van der Waals surface area contributed by atoms with Crippen LogP contribution >= 0.6 is 0 Å². The number of ether oxygens (including phenoxy) is 1.